The van der Waals surface area contributed by atoms with Gasteiger partial charge in [0.2, 0.25) is 0 Å². The van der Waals surface area contributed by atoms with Crippen LogP contribution in [0.5, 0.6) is 5.75 Å². The van der Waals surface area contributed by atoms with Gasteiger partial charge in [-0.2, -0.15) is 5.26 Å². The lowest BCUT2D eigenvalue weighted by molar-refractivity contribution is -0.274. The number of imidazole rings is 1. The van der Waals surface area contributed by atoms with E-state index in [1.54, 1.807) is 53.9 Å². The van der Waals surface area contributed by atoms with Crippen molar-refractivity contribution in [2.24, 2.45) is 0 Å². The van der Waals surface area contributed by atoms with E-state index in [1.165, 1.54) is 18.2 Å². The van der Waals surface area contributed by atoms with Gasteiger partial charge in [0.05, 0.1) is 16.9 Å². The molecule has 1 amide bonds. The van der Waals surface area contributed by atoms with Crippen molar-refractivity contribution < 1.29 is 27.1 Å². The predicted molar refractivity (Wildman–Crippen MR) is 152 cm³/mol. The molecule has 1 aliphatic rings. The van der Waals surface area contributed by atoms with Crippen LogP contribution in [0.2, 0.25) is 0 Å². The number of fused-ring (bicyclic) bond motifs is 1. The summed E-state index contributed by atoms with van der Waals surface area (Å²) in [6.07, 6.45) is -3.19. The summed E-state index contributed by atoms with van der Waals surface area (Å²) >= 11 is 0. The monoisotopic (exact) mass is 602 g/mol. The molecule has 3 heterocycles. The van der Waals surface area contributed by atoms with Crippen LogP contribution in [-0.2, 0) is 6.54 Å². The van der Waals surface area contributed by atoms with Crippen LogP contribution in [0.3, 0.4) is 0 Å². The molecule has 4 aromatic rings. The van der Waals surface area contributed by atoms with Crippen LogP contribution in [0.25, 0.3) is 5.65 Å². The largest absolute Gasteiger partial charge is 0.573 e. The number of pyridine rings is 1. The fraction of sp³-hybridized carbons (Fsp3) is 0.276. The topological polar surface area (TPSA) is 85.9 Å². The standard InChI is InChI=1S/C29H26F4N6O2.ClH/c1-18-16-37(11-12-38(18)22-5-7-23(8-6-22)41-29(31,32)33)25-9-3-20(13-24(25)30)15-35-28(40)27-19(2)36-26-10-4-21(14-34)17-39(26)27;/h3-10,13,17-18H,11-12,15-16H2,1-2H3,(H,35,40);1H/t18-;/m0./s1. The number of alkyl halides is 3. The van der Waals surface area contributed by atoms with Gasteiger partial charge in [-0.05, 0) is 67.9 Å². The Hall–Kier alpha value is -4.50. The number of ether oxygens (including phenoxy) is 1. The second kappa shape index (κ2) is 12.2. The fourth-order valence-corrected chi connectivity index (χ4v) is 5.08. The van der Waals surface area contributed by atoms with Crippen molar-refractivity contribution in [2.75, 3.05) is 29.4 Å². The van der Waals surface area contributed by atoms with E-state index in [2.05, 4.69) is 19.9 Å². The number of halogens is 5. The molecular weight excluding hydrogens is 576 g/mol. The third-order valence-electron chi connectivity index (χ3n) is 6.97. The summed E-state index contributed by atoms with van der Waals surface area (Å²) in [4.78, 5) is 21.3. The van der Waals surface area contributed by atoms with Gasteiger partial charge in [0.1, 0.15) is 29.0 Å². The fourth-order valence-electron chi connectivity index (χ4n) is 5.08. The Morgan fingerprint density at radius 3 is 2.52 bits per heavy atom. The Balaban J connectivity index is 0.00000405. The second-order valence-electron chi connectivity index (χ2n) is 9.80. The van der Waals surface area contributed by atoms with E-state index in [9.17, 15) is 23.2 Å². The van der Waals surface area contributed by atoms with E-state index in [1.807, 2.05) is 17.9 Å². The number of carbonyl (C=O) groups excluding carboxylic acids is 1. The number of aryl methyl sites for hydroxylation is 1. The third kappa shape index (κ3) is 6.52. The summed E-state index contributed by atoms with van der Waals surface area (Å²) in [6, 6.07) is 15.8. The van der Waals surface area contributed by atoms with Crippen LogP contribution in [0.15, 0.2) is 60.8 Å². The minimum absolute atomic E-state index is 0. The molecule has 1 atom stereocenters. The number of nitriles is 1. The zero-order valence-corrected chi connectivity index (χ0v) is 23.5. The average Bonchev–Trinajstić information content (AvgIpc) is 3.26. The molecule has 0 bridgehead atoms. The number of rotatable bonds is 6. The van der Waals surface area contributed by atoms with Crippen molar-refractivity contribution in [3.63, 3.8) is 0 Å². The lowest BCUT2D eigenvalue weighted by Gasteiger charge is -2.42. The van der Waals surface area contributed by atoms with Crippen LogP contribution in [0, 0.1) is 24.1 Å². The van der Waals surface area contributed by atoms with E-state index in [-0.39, 0.29) is 30.7 Å². The molecule has 0 saturated carbocycles. The highest BCUT2D eigenvalue weighted by Gasteiger charge is 2.31. The van der Waals surface area contributed by atoms with Crippen molar-refractivity contribution in [3.05, 3.63) is 89.1 Å². The number of carbonyl (C=O) groups is 1. The molecule has 1 fully saturated rings. The summed E-state index contributed by atoms with van der Waals surface area (Å²) in [7, 11) is 0. The predicted octanol–water partition coefficient (Wildman–Crippen LogP) is 5.62. The van der Waals surface area contributed by atoms with Gasteiger partial charge < -0.3 is 19.9 Å². The second-order valence-corrected chi connectivity index (χ2v) is 9.80. The molecule has 220 valence electrons. The Morgan fingerprint density at radius 1 is 1.14 bits per heavy atom. The van der Waals surface area contributed by atoms with E-state index < -0.39 is 18.1 Å². The summed E-state index contributed by atoms with van der Waals surface area (Å²) in [5.41, 5.74) is 3.53. The lowest BCUT2D eigenvalue weighted by atomic mass is 10.1. The molecule has 0 radical (unpaired) electrons. The smallest absolute Gasteiger partial charge is 0.406 e. The maximum atomic E-state index is 15.2. The van der Waals surface area contributed by atoms with Crippen LogP contribution < -0.4 is 19.9 Å². The zero-order valence-electron chi connectivity index (χ0n) is 22.7. The number of nitrogens with zero attached hydrogens (tertiary/aromatic N) is 5. The molecule has 0 spiro atoms. The maximum absolute atomic E-state index is 15.2. The number of piperazine rings is 1. The molecule has 8 nitrogen and oxygen atoms in total. The quantitative estimate of drug-likeness (QED) is 0.289. The van der Waals surface area contributed by atoms with Crippen LogP contribution in [0.4, 0.5) is 28.9 Å². The number of amides is 1. The maximum Gasteiger partial charge on any atom is 0.573 e. The van der Waals surface area contributed by atoms with Crippen molar-refractivity contribution >= 4 is 35.3 Å². The summed E-state index contributed by atoms with van der Waals surface area (Å²) in [5.74, 6) is -1.10. The first-order valence-corrected chi connectivity index (χ1v) is 12.9. The first-order chi connectivity index (χ1) is 19.5. The number of aromatic nitrogens is 2. The van der Waals surface area contributed by atoms with E-state index in [4.69, 9.17) is 0 Å². The molecule has 13 heteroatoms. The molecule has 1 saturated heterocycles. The summed E-state index contributed by atoms with van der Waals surface area (Å²) in [5, 5.41) is 12.0. The molecule has 5 rings (SSSR count). The Morgan fingerprint density at radius 2 is 1.88 bits per heavy atom. The number of hydrogen-bond donors (Lipinski definition) is 1. The first kappa shape index (κ1) is 30.5. The van der Waals surface area contributed by atoms with Crippen molar-refractivity contribution in [3.8, 4) is 11.8 Å². The minimum Gasteiger partial charge on any atom is -0.406 e. The SMILES string of the molecule is Cc1nc2ccc(C#N)cn2c1C(=O)NCc1ccc(N2CCN(c3ccc(OC(F)(F)F)cc3)[C@@H](C)C2)c(F)c1.Cl. The van der Waals surface area contributed by atoms with Gasteiger partial charge in [-0.3, -0.25) is 9.20 Å². The number of hydrogen-bond acceptors (Lipinski definition) is 6. The van der Waals surface area contributed by atoms with E-state index in [0.717, 1.165) is 5.69 Å². The molecule has 0 unspecified atom stereocenters. The van der Waals surface area contributed by atoms with Gasteiger partial charge in [0.25, 0.3) is 5.91 Å². The van der Waals surface area contributed by atoms with Crippen molar-refractivity contribution in [1.82, 2.24) is 14.7 Å². The highest BCUT2D eigenvalue weighted by molar-refractivity contribution is 5.94. The highest BCUT2D eigenvalue weighted by Crippen LogP contribution is 2.29. The molecule has 1 aliphatic heterocycles. The number of benzene rings is 2. The van der Waals surface area contributed by atoms with Gasteiger partial charge in [-0.15, -0.1) is 25.6 Å². The van der Waals surface area contributed by atoms with Gasteiger partial charge in [-0.1, -0.05) is 6.07 Å². The summed E-state index contributed by atoms with van der Waals surface area (Å²) in [6.45, 7) is 5.34. The Bertz CT molecular complexity index is 1630. The number of nitrogens with one attached hydrogen (secondary N) is 1. The molecule has 1 N–H and O–H groups in total. The zero-order chi connectivity index (χ0) is 29.3. The molecule has 42 heavy (non-hydrogen) atoms. The number of anilines is 2. The van der Waals surface area contributed by atoms with Crippen LogP contribution in [-0.4, -0.2) is 47.3 Å². The molecule has 2 aromatic carbocycles. The average molecular weight is 603 g/mol. The molecule has 0 aliphatic carbocycles. The molecular formula is C29H27ClF4N6O2. The van der Waals surface area contributed by atoms with Gasteiger partial charge in [-0.25, -0.2) is 9.37 Å². The van der Waals surface area contributed by atoms with Crippen LogP contribution in [0.1, 0.15) is 34.2 Å². The lowest BCUT2D eigenvalue weighted by Crippen LogP contribution is -2.52. The van der Waals surface area contributed by atoms with Crippen LogP contribution >= 0.6 is 12.4 Å². The highest BCUT2D eigenvalue weighted by atomic mass is 35.5. The Kier molecular flexibility index (Phi) is 8.82. The van der Waals surface area contributed by atoms with Crippen molar-refractivity contribution in [2.45, 2.75) is 32.8 Å². The Labute approximate surface area is 245 Å². The third-order valence-corrected chi connectivity index (χ3v) is 6.97. The molecule has 2 aromatic heterocycles. The summed E-state index contributed by atoms with van der Waals surface area (Å²) < 4.78 is 58.0. The van der Waals surface area contributed by atoms with E-state index in [0.29, 0.717) is 53.5 Å². The van der Waals surface area contributed by atoms with Gasteiger partial charge in [0, 0.05) is 44.1 Å². The minimum atomic E-state index is -4.75. The first-order valence-electron chi connectivity index (χ1n) is 12.9. The van der Waals surface area contributed by atoms with Gasteiger partial charge >= 0.3 is 6.36 Å². The van der Waals surface area contributed by atoms with Gasteiger partial charge in [0.15, 0.2) is 0 Å². The van der Waals surface area contributed by atoms with Crippen molar-refractivity contribution in [1.29, 1.82) is 5.26 Å². The van der Waals surface area contributed by atoms with E-state index >= 15 is 4.39 Å². The normalized spacial score (nSPS) is 15.2.